The SMILES string of the molecule is CCO[Si](C[C@@H]1C[C@@H]1c1ccc(OC)cc1)(OCC)OCC. The van der Waals surface area contributed by atoms with Crippen molar-refractivity contribution in [2.24, 2.45) is 5.92 Å². The number of ether oxygens (including phenoxy) is 1. The Morgan fingerprint density at radius 2 is 1.50 bits per heavy atom. The topological polar surface area (TPSA) is 36.9 Å². The molecular formula is C17H28O4Si. The average Bonchev–Trinajstić information content (AvgIpc) is 3.27. The molecule has 2 atom stereocenters. The van der Waals surface area contributed by atoms with Gasteiger partial charge in [-0.25, -0.2) is 0 Å². The van der Waals surface area contributed by atoms with Crippen LogP contribution in [0.3, 0.4) is 0 Å². The van der Waals surface area contributed by atoms with Gasteiger partial charge in [-0.2, -0.15) is 0 Å². The van der Waals surface area contributed by atoms with E-state index < -0.39 is 8.80 Å². The molecule has 5 heteroatoms. The Balaban J connectivity index is 1.99. The molecule has 22 heavy (non-hydrogen) atoms. The molecule has 0 aliphatic heterocycles. The summed E-state index contributed by atoms with van der Waals surface area (Å²) in [5, 5.41) is 0. The van der Waals surface area contributed by atoms with Crippen LogP contribution in [-0.4, -0.2) is 35.7 Å². The van der Waals surface area contributed by atoms with Gasteiger partial charge in [-0.1, -0.05) is 12.1 Å². The first-order valence-electron chi connectivity index (χ1n) is 8.23. The summed E-state index contributed by atoms with van der Waals surface area (Å²) in [5.41, 5.74) is 1.37. The van der Waals surface area contributed by atoms with Gasteiger partial charge < -0.3 is 18.0 Å². The lowest BCUT2D eigenvalue weighted by Gasteiger charge is -2.28. The third-order valence-corrected chi connectivity index (χ3v) is 7.28. The predicted molar refractivity (Wildman–Crippen MR) is 89.3 cm³/mol. The molecule has 0 unspecified atom stereocenters. The van der Waals surface area contributed by atoms with Crippen LogP contribution in [0.25, 0.3) is 0 Å². The van der Waals surface area contributed by atoms with Crippen LogP contribution < -0.4 is 4.74 Å². The van der Waals surface area contributed by atoms with Crippen LogP contribution in [0.1, 0.15) is 38.7 Å². The lowest BCUT2D eigenvalue weighted by atomic mass is 10.1. The third kappa shape index (κ3) is 4.32. The average molecular weight is 324 g/mol. The van der Waals surface area contributed by atoms with Gasteiger partial charge in [-0.3, -0.25) is 0 Å². The Bertz CT molecular complexity index is 431. The van der Waals surface area contributed by atoms with E-state index in [2.05, 4.69) is 12.1 Å². The van der Waals surface area contributed by atoms with Crippen LogP contribution in [0.2, 0.25) is 6.04 Å². The van der Waals surface area contributed by atoms with Crippen molar-refractivity contribution >= 4 is 8.80 Å². The molecule has 1 aliphatic carbocycles. The Labute approximate surface area is 135 Å². The van der Waals surface area contributed by atoms with Gasteiger partial charge in [0.05, 0.1) is 7.11 Å². The summed E-state index contributed by atoms with van der Waals surface area (Å²) in [5.74, 6) is 2.10. The summed E-state index contributed by atoms with van der Waals surface area (Å²) in [6, 6.07) is 9.30. The predicted octanol–water partition coefficient (Wildman–Crippen LogP) is 3.85. The van der Waals surface area contributed by atoms with Gasteiger partial charge in [0.15, 0.2) is 0 Å². The standard InChI is InChI=1S/C17H28O4Si/c1-5-19-22(20-6-2,21-7-3)13-15-12-17(15)14-8-10-16(18-4)11-9-14/h8-11,15,17H,5-7,12-13H2,1-4H3/t15-,17+/m0/s1. The van der Waals surface area contributed by atoms with Gasteiger partial charge in [0.2, 0.25) is 0 Å². The fourth-order valence-corrected chi connectivity index (χ4v) is 6.03. The zero-order valence-electron chi connectivity index (χ0n) is 14.1. The molecule has 1 aromatic rings. The van der Waals surface area contributed by atoms with E-state index in [1.165, 1.54) is 12.0 Å². The van der Waals surface area contributed by atoms with Crippen LogP contribution in [0.15, 0.2) is 24.3 Å². The van der Waals surface area contributed by atoms with Crippen LogP contribution in [-0.2, 0) is 13.3 Å². The van der Waals surface area contributed by atoms with Gasteiger partial charge in [0.25, 0.3) is 0 Å². The van der Waals surface area contributed by atoms with Crippen molar-refractivity contribution in [3.8, 4) is 5.75 Å². The Morgan fingerprint density at radius 1 is 0.955 bits per heavy atom. The summed E-state index contributed by atoms with van der Waals surface area (Å²) in [6.45, 7) is 7.96. The molecule has 0 heterocycles. The van der Waals surface area contributed by atoms with E-state index >= 15 is 0 Å². The smallest absolute Gasteiger partial charge is 0.497 e. The van der Waals surface area contributed by atoms with E-state index in [9.17, 15) is 0 Å². The summed E-state index contributed by atoms with van der Waals surface area (Å²) in [4.78, 5) is 0. The molecule has 0 saturated heterocycles. The van der Waals surface area contributed by atoms with Gasteiger partial charge in [0, 0.05) is 25.9 Å². The zero-order valence-corrected chi connectivity index (χ0v) is 15.1. The molecule has 1 aromatic carbocycles. The van der Waals surface area contributed by atoms with Crippen LogP contribution in [0, 0.1) is 5.92 Å². The minimum Gasteiger partial charge on any atom is -0.497 e. The van der Waals surface area contributed by atoms with Crippen molar-refractivity contribution in [3.63, 3.8) is 0 Å². The van der Waals surface area contributed by atoms with Gasteiger partial charge in [-0.05, 0) is 56.7 Å². The summed E-state index contributed by atoms with van der Waals surface area (Å²) < 4.78 is 23.1. The third-order valence-electron chi connectivity index (χ3n) is 4.07. The fourth-order valence-electron chi connectivity index (χ4n) is 3.02. The minimum atomic E-state index is -2.51. The van der Waals surface area contributed by atoms with E-state index in [4.69, 9.17) is 18.0 Å². The Morgan fingerprint density at radius 3 is 1.95 bits per heavy atom. The summed E-state index contributed by atoms with van der Waals surface area (Å²) in [6.07, 6.45) is 1.19. The second-order valence-corrected chi connectivity index (χ2v) is 8.20. The van der Waals surface area contributed by atoms with E-state index in [0.29, 0.717) is 31.7 Å². The second kappa shape index (κ2) is 8.11. The van der Waals surface area contributed by atoms with Crippen LogP contribution >= 0.6 is 0 Å². The van der Waals surface area contributed by atoms with E-state index in [-0.39, 0.29) is 0 Å². The van der Waals surface area contributed by atoms with E-state index in [1.54, 1.807) is 7.11 Å². The molecular weight excluding hydrogens is 296 g/mol. The lowest BCUT2D eigenvalue weighted by molar-refractivity contribution is 0.0698. The second-order valence-electron chi connectivity index (χ2n) is 5.56. The largest absolute Gasteiger partial charge is 0.501 e. The number of hydrogen-bond donors (Lipinski definition) is 0. The molecule has 0 N–H and O–H groups in total. The van der Waals surface area contributed by atoms with E-state index in [1.807, 2.05) is 32.9 Å². The van der Waals surface area contributed by atoms with Gasteiger partial charge in [0.1, 0.15) is 5.75 Å². The van der Waals surface area contributed by atoms with Crippen molar-refractivity contribution in [1.29, 1.82) is 0 Å². The normalized spacial score (nSPS) is 20.9. The molecule has 124 valence electrons. The Kier molecular flexibility index (Phi) is 6.44. The first kappa shape index (κ1) is 17.5. The molecule has 1 fully saturated rings. The van der Waals surface area contributed by atoms with Crippen molar-refractivity contribution in [3.05, 3.63) is 29.8 Å². The quantitative estimate of drug-likeness (QED) is 0.613. The molecule has 0 spiro atoms. The molecule has 2 rings (SSSR count). The Hall–Kier alpha value is -0.883. The van der Waals surface area contributed by atoms with Crippen LogP contribution in [0.4, 0.5) is 0 Å². The molecule has 0 amide bonds. The highest BCUT2D eigenvalue weighted by Crippen LogP contribution is 2.52. The van der Waals surface area contributed by atoms with Gasteiger partial charge in [-0.15, -0.1) is 0 Å². The maximum atomic E-state index is 5.96. The number of benzene rings is 1. The minimum absolute atomic E-state index is 0.596. The summed E-state index contributed by atoms with van der Waals surface area (Å²) in [7, 11) is -0.818. The van der Waals surface area contributed by atoms with E-state index in [0.717, 1.165) is 11.8 Å². The van der Waals surface area contributed by atoms with Crippen molar-refractivity contribution in [2.45, 2.75) is 39.2 Å². The van der Waals surface area contributed by atoms with Gasteiger partial charge >= 0.3 is 8.80 Å². The monoisotopic (exact) mass is 324 g/mol. The van der Waals surface area contributed by atoms with Crippen LogP contribution in [0.5, 0.6) is 5.75 Å². The van der Waals surface area contributed by atoms with Crippen molar-refractivity contribution < 1.29 is 18.0 Å². The molecule has 0 bridgehead atoms. The maximum absolute atomic E-state index is 5.96. The number of hydrogen-bond acceptors (Lipinski definition) is 4. The first-order chi connectivity index (χ1) is 10.7. The molecule has 0 radical (unpaired) electrons. The molecule has 1 saturated carbocycles. The first-order valence-corrected chi connectivity index (χ1v) is 10.2. The molecule has 0 aromatic heterocycles. The lowest BCUT2D eigenvalue weighted by Crippen LogP contribution is -2.46. The highest BCUT2D eigenvalue weighted by Gasteiger charge is 2.50. The fraction of sp³-hybridized carbons (Fsp3) is 0.647. The van der Waals surface area contributed by atoms with Crippen molar-refractivity contribution in [2.75, 3.05) is 26.9 Å². The van der Waals surface area contributed by atoms with Crippen molar-refractivity contribution in [1.82, 2.24) is 0 Å². The zero-order chi connectivity index (χ0) is 16.0. The highest BCUT2D eigenvalue weighted by atomic mass is 28.4. The highest BCUT2D eigenvalue weighted by molar-refractivity contribution is 6.60. The summed E-state index contributed by atoms with van der Waals surface area (Å²) >= 11 is 0. The number of methoxy groups -OCH3 is 1. The molecule has 1 aliphatic rings. The number of rotatable bonds is 10. The maximum Gasteiger partial charge on any atom is 0.501 e. The molecule has 4 nitrogen and oxygen atoms in total.